The normalized spacial score (nSPS) is 19.6. The van der Waals surface area contributed by atoms with Gasteiger partial charge >= 0.3 is 0 Å². The third kappa shape index (κ3) is 3.16. The summed E-state index contributed by atoms with van der Waals surface area (Å²) in [7, 11) is 1.98. The second-order valence-electron chi connectivity index (χ2n) is 4.09. The Bertz CT molecular complexity index is 392. The van der Waals surface area contributed by atoms with Crippen LogP contribution in [0.4, 0.5) is 5.82 Å². The van der Waals surface area contributed by atoms with Gasteiger partial charge in [0.25, 0.3) is 0 Å². The van der Waals surface area contributed by atoms with Crippen LogP contribution in [0.2, 0.25) is 0 Å². The van der Waals surface area contributed by atoms with Gasteiger partial charge in [0.1, 0.15) is 11.9 Å². The topological polar surface area (TPSA) is 61.2 Å². The van der Waals surface area contributed by atoms with Crippen LogP contribution < -0.4 is 10.2 Å². The molecule has 1 atom stereocenters. The highest BCUT2D eigenvalue weighted by Gasteiger charge is 2.16. The Morgan fingerprint density at radius 1 is 1.65 bits per heavy atom. The van der Waals surface area contributed by atoms with Crippen molar-refractivity contribution in [3.8, 4) is 6.07 Å². The maximum atomic E-state index is 8.70. The summed E-state index contributed by atoms with van der Waals surface area (Å²) >= 11 is 0. The van der Waals surface area contributed by atoms with Crippen molar-refractivity contribution in [2.75, 3.05) is 38.2 Å². The molecule has 1 aromatic heterocycles. The highest BCUT2D eigenvalue weighted by atomic mass is 16.5. The summed E-state index contributed by atoms with van der Waals surface area (Å²) in [6, 6.07) is 5.69. The molecule has 90 valence electrons. The predicted molar refractivity (Wildman–Crippen MR) is 64.8 cm³/mol. The molecule has 5 nitrogen and oxygen atoms in total. The SMILES string of the molecule is CN(CC1CNCCO1)c1ccc(C#N)cn1. The number of rotatable bonds is 3. The van der Waals surface area contributed by atoms with Gasteiger partial charge in [-0.25, -0.2) is 4.98 Å². The smallest absolute Gasteiger partial charge is 0.128 e. The molecule has 1 N–H and O–H groups in total. The predicted octanol–water partition coefficient (Wildman–Crippen LogP) is 0.378. The maximum Gasteiger partial charge on any atom is 0.128 e. The molecule has 5 heteroatoms. The van der Waals surface area contributed by atoms with Gasteiger partial charge in [-0.1, -0.05) is 0 Å². The number of pyridine rings is 1. The van der Waals surface area contributed by atoms with Gasteiger partial charge in [-0.05, 0) is 12.1 Å². The van der Waals surface area contributed by atoms with Crippen molar-refractivity contribution in [2.24, 2.45) is 0 Å². The highest BCUT2D eigenvalue weighted by molar-refractivity contribution is 5.41. The van der Waals surface area contributed by atoms with Gasteiger partial charge in [0.05, 0.1) is 18.3 Å². The van der Waals surface area contributed by atoms with Crippen molar-refractivity contribution >= 4 is 5.82 Å². The van der Waals surface area contributed by atoms with Gasteiger partial charge in [0.2, 0.25) is 0 Å². The number of aromatic nitrogens is 1. The minimum atomic E-state index is 0.200. The van der Waals surface area contributed by atoms with Crippen molar-refractivity contribution in [1.29, 1.82) is 5.26 Å². The van der Waals surface area contributed by atoms with Crippen molar-refractivity contribution in [3.63, 3.8) is 0 Å². The lowest BCUT2D eigenvalue weighted by Crippen LogP contribution is -2.44. The zero-order valence-electron chi connectivity index (χ0n) is 9.89. The molecule has 2 rings (SSSR count). The zero-order valence-corrected chi connectivity index (χ0v) is 9.89. The molecule has 0 aliphatic carbocycles. The number of nitriles is 1. The molecule has 0 spiro atoms. The number of likely N-dealkylation sites (N-methyl/N-ethyl adjacent to an activating group) is 1. The molecule has 0 bridgehead atoms. The van der Waals surface area contributed by atoms with Crippen molar-refractivity contribution < 1.29 is 4.74 Å². The summed E-state index contributed by atoms with van der Waals surface area (Å²) in [5.41, 5.74) is 0.581. The van der Waals surface area contributed by atoms with Crippen LogP contribution in [0.25, 0.3) is 0 Å². The molecule has 1 fully saturated rings. The Labute approximate surface area is 101 Å². The van der Waals surface area contributed by atoms with Crippen LogP contribution in [0.1, 0.15) is 5.56 Å². The lowest BCUT2D eigenvalue weighted by Gasteiger charge is -2.28. The van der Waals surface area contributed by atoms with Gasteiger partial charge in [-0.2, -0.15) is 5.26 Å². The van der Waals surface area contributed by atoms with Gasteiger partial charge < -0.3 is 15.0 Å². The largest absolute Gasteiger partial charge is 0.374 e. The van der Waals surface area contributed by atoms with Crippen molar-refractivity contribution in [2.45, 2.75) is 6.10 Å². The van der Waals surface area contributed by atoms with Gasteiger partial charge in [-0.15, -0.1) is 0 Å². The fourth-order valence-electron chi connectivity index (χ4n) is 1.81. The number of nitrogens with one attached hydrogen (secondary N) is 1. The fourth-order valence-corrected chi connectivity index (χ4v) is 1.81. The standard InChI is InChI=1S/C12H16N4O/c1-16(9-11-8-14-4-5-17-11)12-3-2-10(6-13)7-15-12/h2-3,7,11,14H,4-5,8-9H2,1H3. The molecule has 0 amide bonds. The summed E-state index contributed by atoms with van der Waals surface area (Å²) < 4.78 is 5.63. The van der Waals surface area contributed by atoms with E-state index in [1.807, 2.05) is 18.0 Å². The van der Waals surface area contributed by atoms with E-state index < -0.39 is 0 Å². The Kier molecular flexibility index (Phi) is 3.91. The molecule has 2 heterocycles. The van der Waals surface area contributed by atoms with Gasteiger partial charge in [0.15, 0.2) is 0 Å². The molecule has 0 saturated carbocycles. The van der Waals surface area contributed by atoms with E-state index in [9.17, 15) is 0 Å². The molecule has 1 aliphatic heterocycles. The molecular weight excluding hydrogens is 216 g/mol. The van der Waals surface area contributed by atoms with Crippen molar-refractivity contribution in [1.82, 2.24) is 10.3 Å². The molecule has 1 aromatic rings. The summed E-state index contributed by atoms with van der Waals surface area (Å²) in [6.45, 7) is 3.36. The van der Waals surface area contributed by atoms with Crippen LogP contribution >= 0.6 is 0 Å². The summed E-state index contributed by atoms with van der Waals surface area (Å²) in [5, 5.41) is 12.0. The number of hydrogen-bond donors (Lipinski definition) is 1. The first kappa shape index (κ1) is 11.8. The van der Waals surface area contributed by atoms with Crippen LogP contribution in [-0.4, -0.2) is 44.4 Å². The Morgan fingerprint density at radius 2 is 2.53 bits per heavy atom. The van der Waals surface area contributed by atoms with Gasteiger partial charge in [-0.3, -0.25) is 0 Å². The molecule has 0 radical (unpaired) electrons. The number of morpholine rings is 1. The van der Waals surface area contributed by atoms with E-state index in [1.165, 1.54) is 0 Å². The Hall–Kier alpha value is -1.64. The molecule has 17 heavy (non-hydrogen) atoms. The van der Waals surface area contributed by atoms with Crippen molar-refractivity contribution in [3.05, 3.63) is 23.9 Å². The minimum Gasteiger partial charge on any atom is -0.374 e. The fraction of sp³-hybridized carbons (Fsp3) is 0.500. The quantitative estimate of drug-likeness (QED) is 0.816. The average Bonchev–Trinajstić information content (AvgIpc) is 2.40. The number of nitrogens with zero attached hydrogens (tertiary/aromatic N) is 3. The van der Waals surface area contributed by atoms with E-state index >= 15 is 0 Å². The summed E-state index contributed by atoms with van der Waals surface area (Å²) in [4.78, 5) is 6.28. The van der Waals surface area contributed by atoms with E-state index in [2.05, 4.69) is 16.4 Å². The Morgan fingerprint density at radius 3 is 3.12 bits per heavy atom. The molecule has 1 saturated heterocycles. The third-order valence-electron chi connectivity index (χ3n) is 2.75. The van der Waals surface area contributed by atoms with Crippen LogP contribution in [0.15, 0.2) is 18.3 Å². The Balaban J connectivity index is 1.94. The molecule has 1 aliphatic rings. The monoisotopic (exact) mass is 232 g/mol. The second-order valence-corrected chi connectivity index (χ2v) is 4.09. The van der Waals surface area contributed by atoms with Crippen LogP contribution in [-0.2, 0) is 4.74 Å². The lowest BCUT2D eigenvalue weighted by atomic mass is 10.2. The van der Waals surface area contributed by atoms with Crippen LogP contribution in [0.5, 0.6) is 0 Å². The first-order chi connectivity index (χ1) is 8.29. The molecular formula is C12H16N4O. The first-order valence-corrected chi connectivity index (χ1v) is 5.69. The van der Waals surface area contributed by atoms with E-state index in [-0.39, 0.29) is 6.10 Å². The van der Waals surface area contributed by atoms with E-state index in [1.54, 1.807) is 12.3 Å². The van der Waals surface area contributed by atoms with Gasteiger partial charge in [0, 0.05) is 32.9 Å². The van der Waals surface area contributed by atoms with Crippen LogP contribution in [0, 0.1) is 11.3 Å². The van der Waals surface area contributed by atoms with E-state index in [0.29, 0.717) is 5.56 Å². The van der Waals surface area contributed by atoms with E-state index in [4.69, 9.17) is 10.00 Å². The maximum absolute atomic E-state index is 8.70. The highest BCUT2D eigenvalue weighted by Crippen LogP contribution is 2.10. The molecule has 0 aromatic carbocycles. The number of ether oxygens (including phenoxy) is 1. The van der Waals surface area contributed by atoms with Crippen LogP contribution in [0.3, 0.4) is 0 Å². The lowest BCUT2D eigenvalue weighted by molar-refractivity contribution is 0.0339. The second kappa shape index (κ2) is 5.62. The average molecular weight is 232 g/mol. The summed E-state index contributed by atoms with van der Waals surface area (Å²) in [5.74, 6) is 0.859. The summed E-state index contributed by atoms with van der Waals surface area (Å²) in [6.07, 6.45) is 1.79. The number of hydrogen-bond acceptors (Lipinski definition) is 5. The number of anilines is 1. The third-order valence-corrected chi connectivity index (χ3v) is 2.75. The first-order valence-electron chi connectivity index (χ1n) is 5.69. The van der Waals surface area contributed by atoms with E-state index in [0.717, 1.165) is 32.1 Å². The minimum absolute atomic E-state index is 0.200. The molecule has 1 unspecified atom stereocenters. The zero-order chi connectivity index (χ0) is 12.1.